The number of carbonyl (C=O) groups excluding carboxylic acids is 2. The summed E-state index contributed by atoms with van der Waals surface area (Å²) in [4.78, 5) is 24.2. The zero-order valence-electron chi connectivity index (χ0n) is 17.4. The molecule has 0 aliphatic rings. The van der Waals surface area contributed by atoms with Crippen LogP contribution < -0.4 is 14.8 Å². The Labute approximate surface area is 175 Å². The quantitative estimate of drug-likeness (QED) is 0.332. The summed E-state index contributed by atoms with van der Waals surface area (Å²) in [5.41, 5.74) is 0.707. The average Bonchev–Trinajstić information content (AvgIpc) is 2.70. The summed E-state index contributed by atoms with van der Waals surface area (Å²) in [6, 6.07) is 15.9. The third kappa shape index (κ3) is 6.99. The number of carbonyl (C=O) groups is 2. The average molecular weight is 408 g/mol. The molecule has 0 bridgehead atoms. The highest BCUT2D eigenvalue weighted by Gasteiger charge is 2.20. The van der Waals surface area contributed by atoms with Crippen molar-refractivity contribution in [1.82, 2.24) is 5.32 Å². The van der Waals surface area contributed by atoms with Crippen molar-refractivity contribution in [3.8, 4) is 17.6 Å². The molecule has 1 N–H and O–H groups in total. The topological polar surface area (TPSA) is 97.6 Å². The fraction of sp³-hybridized carbons (Fsp3) is 0.261. The maximum Gasteiger partial charge on any atom is 0.514 e. The molecule has 0 heterocycles. The number of nitrogens with zero attached hydrogens (tertiary/aromatic N) is 1. The van der Waals surface area contributed by atoms with Gasteiger partial charge in [-0.3, -0.25) is 4.79 Å². The minimum absolute atomic E-state index is 0.0613. The highest BCUT2D eigenvalue weighted by molar-refractivity contribution is 6.01. The SMILES string of the molecule is COc1cc(/C=C(\C#N)C(=O)NCc2ccccc2)ccc1OC(=O)OC(C)(C)C. The Morgan fingerprint density at radius 3 is 2.40 bits per heavy atom. The van der Waals surface area contributed by atoms with Crippen LogP contribution in [-0.4, -0.2) is 24.8 Å². The standard InChI is InChI=1S/C23H24N2O5/c1-23(2,3)30-22(27)29-19-11-10-17(13-20(19)28-4)12-18(14-24)21(26)25-15-16-8-6-5-7-9-16/h5-13H,15H2,1-4H3,(H,25,26)/b18-12+. The summed E-state index contributed by atoms with van der Waals surface area (Å²) >= 11 is 0. The van der Waals surface area contributed by atoms with E-state index in [1.54, 1.807) is 32.9 Å². The van der Waals surface area contributed by atoms with E-state index in [9.17, 15) is 14.9 Å². The van der Waals surface area contributed by atoms with E-state index in [-0.39, 0.29) is 17.1 Å². The minimum Gasteiger partial charge on any atom is -0.493 e. The van der Waals surface area contributed by atoms with E-state index in [1.165, 1.54) is 19.3 Å². The number of nitrogens with one attached hydrogen (secondary N) is 1. The zero-order chi connectivity index (χ0) is 22.1. The van der Waals surface area contributed by atoms with E-state index < -0.39 is 17.7 Å². The van der Waals surface area contributed by atoms with Crippen LogP contribution in [0.5, 0.6) is 11.5 Å². The van der Waals surface area contributed by atoms with Crippen molar-refractivity contribution in [3.63, 3.8) is 0 Å². The first-order chi connectivity index (χ1) is 14.2. The second-order valence-electron chi connectivity index (χ2n) is 7.31. The van der Waals surface area contributed by atoms with Gasteiger partial charge >= 0.3 is 6.16 Å². The van der Waals surface area contributed by atoms with Gasteiger partial charge in [0, 0.05) is 6.54 Å². The Kier molecular flexibility index (Phi) is 7.59. The smallest absolute Gasteiger partial charge is 0.493 e. The fourth-order valence-electron chi connectivity index (χ4n) is 2.41. The normalized spacial score (nSPS) is 11.2. The molecule has 0 aromatic heterocycles. The molecule has 7 heteroatoms. The van der Waals surface area contributed by atoms with Crippen molar-refractivity contribution in [2.24, 2.45) is 0 Å². The van der Waals surface area contributed by atoms with Crippen LogP contribution in [0.25, 0.3) is 6.08 Å². The van der Waals surface area contributed by atoms with Crippen LogP contribution in [0.2, 0.25) is 0 Å². The lowest BCUT2D eigenvalue weighted by atomic mass is 10.1. The highest BCUT2D eigenvalue weighted by atomic mass is 16.7. The molecule has 2 aromatic rings. The lowest BCUT2D eigenvalue weighted by molar-refractivity contribution is -0.117. The third-order valence-corrected chi connectivity index (χ3v) is 3.74. The maximum absolute atomic E-state index is 12.3. The molecule has 2 aromatic carbocycles. The first kappa shape index (κ1) is 22.5. The largest absolute Gasteiger partial charge is 0.514 e. The molecule has 7 nitrogen and oxygen atoms in total. The lowest BCUT2D eigenvalue weighted by Gasteiger charge is -2.19. The number of nitriles is 1. The number of amides is 1. The molecule has 0 aliphatic carbocycles. The molecular formula is C23H24N2O5. The second-order valence-corrected chi connectivity index (χ2v) is 7.31. The van der Waals surface area contributed by atoms with Crippen LogP contribution in [0.15, 0.2) is 54.1 Å². The van der Waals surface area contributed by atoms with Gasteiger partial charge in [-0.05, 0) is 50.1 Å². The van der Waals surface area contributed by atoms with E-state index in [2.05, 4.69) is 5.32 Å². The molecule has 0 radical (unpaired) electrons. The van der Waals surface area contributed by atoms with Gasteiger partial charge in [-0.2, -0.15) is 5.26 Å². The van der Waals surface area contributed by atoms with Crippen molar-refractivity contribution < 1.29 is 23.8 Å². The Morgan fingerprint density at radius 2 is 1.80 bits per heavy atom. The molecule has 0 saturated carbocycles. The Balaban J connectivity index is 2.13. The predicted molar refractivity (Wildman–Crippen MR) is 112 cm³/mol. The van der Waals surface area contributed by atoms with E-state index in [4.69, 9.17) is 14.2 Å². The third-order valence-electron chi connectivity index (χ3n) is 3.74. The van der Waals surface area contributed by atoms with Gasteiger partial charge < -0.3 is 19.5 Å². The van der Waals surface area contributed by atoms with Crippen LogP contribution in [0.4, 0.5) is 4.79 Å². The first-order valence-electron chi connectivity index (χ1n) is 9.24. The number of methoxy groups -OCH3 is 1. The summed E-state index contributed by atoms with van der Waals surface area (Å²) in [6.07, 6.45) is 0.571. The zero-order valence-corrected chi connectivity index (χ0v) is 17.4. The summed E-state index contributed by atoms with van der Waals surface area (Å²) in [7, 11) is 1.42. The minimum atomic E-state index is -0.859. The van der Waals surface area contributed by atoms with Gasteiger partial charge in [0.15, 0.2) is 11.5 Å². The monoisotopic (exact) mass is 408 g/mol. The first-order valence-corrected chi connectivity index (χ1v) is 9.24. The summed E-state index contributed by atoms with van der Waals surface area (Å²) < 4.78 is 15.6. The molecule has 0 atom stereocenters. The number of hydrogen-bond acceptors (Lipinski definition) is 6. The maximum atomic E-state index is 12.3. The van der Waals surface area contributed by atoms with Crippen molar-refractivity contribution in [3.05, 3.63) is 65.2 Å². The van der Waals surface area contributed by atoms with Gasteiger partial charge in [0.25, 0.3) is 5.91 Å². The van der Waals surface area contributed by atoms with Gasteiger partial charge in [-0.15, -0.1) is 0 Å². The van der Waals surface area contributed by atoms with Crippen molar-refractivity contribution in [2.75, 3.05) is 7.11 Å². The molecular weight excluding hydrogens is 384 g/mol. The van der Waals surface area contributed by atoms with Crippen LogP contribution in [0.1, 0.15) is 31.9 Å². The van der Waals surface area contributed by atoms with E-state index >= 15 is 0 Å². The molecule has 30 heavy (non-hydrogen) atoms. The predicted octanol–water partition coefficient (Wildman–Crippen LogP) is 4.23. The molecule has 0 aliphatic heterocycles. The van der Waals surface area contributed by atoms with Gasteiger partial charge in [0.1, 0.15) is 17.2 Å². The van der Waals surface area contributed by atoms with E-state index in [0.717, 1.165) is 5.56 Å². The second kappa shape index (κ2) is 10.1. The highest BCUT2D eigenvalue weighted by Crippen LogP contribution is 2.29. The Hall–Kier alpha value is -3.79. The Bertz CT molecular complexity index is 969. The number of hydrogen-bond donors (Lipinski definition) is 1. The Morgan fingerprint density at radius 1 is 1.10 bits per heavy atom. The van der Waals surface area contributed by atoms with Gasteiger partial charge in [-0.1, -0.05) is 36.4 Å². The van der Waals surface area contributed by atoms with Gasteiger partial charge in [0.05, 0.1) is 7.11 Å². The fourth-order valence-corrected chi connectivity index (χ4v) is 2.41. The van der Waals surface area contributed by atoms with Crippen molar-refractivity contribution in [1.29, 1.82) is 5.26 Å². The molecule has 0 fully saturated rings. The van der Waals surface area contributed by atoms with E-state index in [1.807, 2.05) is 36.4 Å². The van der Waals surface area contributed by atoms with Crippen molar-refractivity contribution >= 4 is 18.1 Å². The number of ether oxygens (including phenoxy) is 3. The molecule has 1 amide bonds. The van der Waals surface area contributed by atoms with Crippen LogP contribution in [0, 0.1) is 11.3 Å². The molecule has 156 valence electrons. The summed E-state index contributed by atoms with van der Waals surface area (Å²) in [6.45, 7) is 5.49. The summed E-state index contributed by atoms with van der Waals surface area (Å²) in [5.74, 6) is -0.0677. The van der Waals surface area contributed by atoms with E-state index in [0.29, 0.717) is 12.1 Å². The van der Waals surface area contributed by atoms with Crippen molar-refractivity contribution in [2.45, 2.75) is 32.9 Å². The van der Waals surface area contributed by atoms with Crippen LogP contribution >= 0.6 is 0 Å². The van der Waals surface area contributed by atoms with Gasteiger partial charge in [-0.25, -0.2) is 4.79 Å². The molecule has 0 unspecified atom stereocenters. The molecule has 0 spiro atoms. The van der Waals surface area contributed by atoms with Gasteiger partial charge in [0.2, 0.25) is 0 Å². The lowest BCUT2D eigenvalue weighted by Crippen LogP contribution is -2.26. The molecule has 2 rings (SSSR count). The molecule has 0 saturated heterocycles. The number of rotatable bonds is 6. The van der Waals surface area contributed by atoms with Crippen LogP contribution in [0.3, 0.4) is 0 Å². The number of benzene rings is 2. The van der Waals surface area contributed by atoms with Crippen LogP contribution in [-0.2, 0) is 16.1 Å². The summed E-state index contributed by atoms with van der Waals surface area (Å²) in [5, 5.41) is 12.1.